The second kappa shape index (κ2) is 5.81. The summed E-state index contributed by atoms with van der Waals surface area (Å²) in [6, 6.07) is 4.50. The fourth-order valence-corrected chi connectivity index (χ4v) is 1.97. The smallest absolute Gasteiger partial charge is 0.326 e. The van der Waals surface area contributed by atoms with Crippen LogP contribution in [0.2, 0.25) is 0 Å². The third-order valence-electron chi connectivity index (χ3n) is 3.27. The average molecular weight is 278 g/mol. The minimum Gasteiger partial charge on any atom is -0.326 e. The lowest BCUT2D eigenvalue weighted by molar-refractivity contribution is -0.143. The van der Waals surface area contributed by atoms with Crippen LogP contribution in [0.3, 0.4) is 0 Å². The zero-order chi connectivity index (χ0) is 14.7. The summed E-state index contributed by atoms with van der Waals surface area (Å²) in [5.41, 5.74) is 1.40. The Hall–Kier alpha value is -2.24. The molecule has 106 valence electrons. The summed E-state index contributed by atoms with van der Waals surface area (Å²) in [7, 11) is 0. The zero-order valence-electron chi connectivity index (χ0n) is 11.3. The van der Waals surface area contributed by atoms with Crippen molar-refractivity contribution in [2.45, 2.75) is 26.7 Å². The Morgan fingerprint density at radius 1 is 1.45 bits per heavy atom. The molecule has 1 atom stereocenters. The third-order valence-corrected chi connectivity index (χ3v) is 3.27. The summed E-state index contributed by atoms with van der Waals surface area (Å²) in [6.45, 7) is 3.28. The molecular weight excluding hydrogens is 263 g/mol. The van der Waals surface area contributed by atoms with Gasteiger partial charge in [-0.3, -0.25) is 4.79 Å². The number of carbonyl (C=O) groups excluding carboxylic acids is 2. The van der Waals surface area contributed by atoms with Gasteiger partial charge >= 0.3 is 5.97 Å². The van der Waals surface area contributed by atoms with Crippen LogP contribution in [-0.4, -0.2) is 17.6 Å². The SMILES string of the molecule is CC1=NOC(=O)C1CCC(=O)Nc1cccc(F)c1C. The predicted molar refractivity (Wildman–Crippen MR) is 71.7 cm³/mol. The average Bonchev–Trinajstić information content (AvgIpc) is 2.72. The first-order chi connectivity index (χ1) is 9.49. The Kier molecular flexibility index (Phi) is 4.12. The van der Waals surface area contributed by atoms with Crippen molar-refractivity contribution in [2.24, 2.45) is 11.1 Å². The number of hydrogen-bond donors (Lipinski definition) is 1. The Morgan fingerprint density at radius 3 is 2.85 bits per heavy atom. The quantitative estimate of drug-likeness (QED) is 0.860. The summed E-state index contributed by atoms with van der Waals surface area (Å²) in [4.78, 5) is 27.7. The second-order valence-electron chi connectivity index (χ2n) is 4.69. The fraction of sp³-hybridized carbons (Fsp3) is 0.357. The maximum absolute atomic E-state index is 13.3. The molecule has 0 aromatic heterocycles. The number of anilines is 1. The molecule has 0 fully saturated rings. The van der Waals surface area contributed by atoms with Crippen LogP contribution < -0.4 is 5.32 Å². The summed E-state index contributed by atoms with van der Waals surface area (Å²) in [6.07, 6.45) is 0.469. The third kappa shape index (κ3) is 3.01. The van der Waals surface area contributed by atoms with Gasteiger partial charge in [0.1, 0.15) is 11.7 Å². The molecule has 6 heteroatoms. The first-order valence-corrected chi connectivity index (χ1v) is 6.29. The van der Waals surface area contributed by atoms with Crippen molar-refractivity contribution in [1.29, 1.82) is 0 Å². The molecule has 20 heavy (non-hydrogen) atoms. The van der Waals surface area contributed by atoms with Gasteiger partial charge in [-0.15, -0.1) is 0 Å². The van der Waals surface area contributed by atoms with Gasteiger partial charge in [0.15, 0.2) is 0 Å². The van der Waals surface area contributed by atoms with E-state index in [1.165, 1.54) is 12.1 Å². The van der Waals surface area contributed by atoms with Gasteiger partial charge in [0, 0.05) is 17.7 Å². The van der Waals surface area contributed by atoms with Crippen molar-refractivity contribution in [3.05, 3.63) is 29.6 Å². The van der Waals surface area contributed by atoms with Gasteiger partial charge in [-0.1, -0.05) is 11.2 Å². The molecule has 1 aliphatic rings. The normalized spacial score (nSPS) is 17.6. The molecule has 1 N–H and O–H groups in total. The highest BCUT2D eigenvalue weighted by molar-refractivity contribution is 6.04. The zero-order valence-corrected chi connectivity index (χ0v) is 11.3. The molecule has 1 aromatic carbocycles. The van der Waals surface area contributed by atoms with Crippen molar-refractivity contribution >= 4 is 23.3 Å². The molecule has 0 saturated carbocycles. The van der Waals surface area contributed by atoms with Gasteiger partial charge in [0.05, 0.1) is 5.71 Å². The highest BCUT2D eigenvalue weighted by Gasteiger charge is 2.29. The van der Waals surface area contributed by atoms with Gasteiger partial charge in [-0.2, -0.15) is 0 Å². The molecule has 0 radical (unpaired) electrons. The molecule has 1 aromatic rings. The minimum atomic E-state index is -0.464. The molecular formula is C14H15FN2O3. The lowest BCUT2D eigenvalue weighted by atomic mass is 9.99. The lowest BCUT2D eigenvalue weighted by Gasteiger charge is -2.10. The molecule has 1 unspecified atom stereocenters. The molecule has 0 spiro atoms. The Morgan fingerprint density at radius 2 is 2.20 bits per heavy atom. The van der Waals surface area contributed by atoms with Crippen LogP contribution in [0.5, 0.6) is 0 Å². The number of hydrogen-bond acceptors (Lipinski definition) is 4. The molecule has 1 heterocycles. The summed E-state index contributed by atoms with van der Waals surface area (Å²) in [5, 5.41) is 6.21. The monoisotopic (exact) mass is 278 g/mol. The number of rotatable bonds is 4. The van der Waals surface area contributed by atoms with E-state index >= 15 is 0 Å². The van der Waals surface area contributed by atoms with Crippen LogP contribution in [-0.2, 0) is 14.4 Å². The Bertz CT molecular complexity index is 584. The van der Waals surface area contributed by atoms with Crippen LogP contribution in [0.1, 0.15) is 25.3 Å². The molecule has 1 aliphatic heterocycles. The van der Waals surface area contributed by atoms with Crippen molar-refractivity contribution in [3.8, 4) is 0 Å². The van der Waals surface area contributed by atoms with E-state index in [1.807, 2.05) is 0 Å². The second-order valence-corrected chi connectivity index (χ2v) is 4.69. The van der Waals surface area contributed by atoms with Gasteiger partial charge < -0.3 is 10.2 Å². The number of nitrogens with one attached hydrogen (secondary N) is 1. The largest absolute Gasteiger partial charge is 0.343 e. The molecule has 5 nitrogen and oxygen atoms in total. The van der Waals surface area contributed by atoms with E-state index in [2.05, 4.69) is 15.3 Å². The van der Waals surface area contributed by atoms with Gasteiger partial charge in [0.25, 0.3) is 0 Å². The molecule has 0 aliphatic carbocycles. The van der Waals surface area contributed by atoms with Crippen LogP contribution in [0.25, 0.3) is 0 Å². The standard InChI is InChI=1S/C14H15FN2O3/c1-8-11(15)4-3-5-12(8)16-13(18)7-6-10-9(2)17-20-14(10)19/h3-5,10H,6-7H2,1-2H3,(H,16,18). The number of oxime groups is 1. The molecule has 0 saturated heterocycles. The number of halogens is 1. The van der Waals surface area contributed by atoms with Gasteiger partial charge in [-0.05, 0) is 32.4 Å². The first kappa shape index (κ1) is 14.2. The van der Waals surface area contributed by atoms with E-state index in [1.54, 1.807) is 19.9 Å². The van der Waals surface area contributed by atoms with Crippen molar-refractivity contribution in [1.82, 2.24) is 0 Å². The maximum Gasteiger partial charge on any atom is 0.343 e. The number of nitrogens with zero attached hydrogens (tertiary/aromatic N) is 1. The van der Waals surface area contributed by atoms with E-state index < -0.39 is 11.9 Å². The van der Waals surface area contributed by atoms with E-state index in [-0.39, 0.29) is 18.1 Å². The van der Waals surface area contributed by atoms with Crippen LogP contribution in [0.15, 0.2) is 23.4 Å². The molecule has 0 bridgehead atoms. The fourth-order valence-electron chi connectivity index (χ4n) is 1.97. The van der Waals surface area contributed by atoms with Crippen LogP contribution >= 0.6 is 0 Å². The van der Waals surface area contributed by atoms with Crippen LogP contribution in [0.4, 0.5) is 10.1 Å². The molecule has 1 amide bonds. The van der Waals surface area contributed by atoms with Crippen molar-refractivity contribution in [2.75, 3.05) is 5.32 Å². The summed E-state index contributed by atoms with van der Waals surface area (Å²) in [5.74, 6) is -1.54. The number of benzene rings is 1. The molecule has 2 rings (SSSR count). The van der Waals surface area contributed by atoms with Gasteiger partial charge in [0.2, 0.25) is 5.91 Å². The number of amides is 1. The minimum absolute atomic E-state index is 0.141. The predicted octanol–water partition coefficient (Wildman–Crippen LogP) is 2.40. The first-order valence-electron chi connectivity index (χ1n) is 6.29. The van der Waals surface area contributed by atoms with E-state index in [9.17, 15) is 14.0 Å². The van der Waals surface area contributed by atoms with Gasteiger partial charge in [-0.25, -0.2) is 9.18 Å². The highest BCUT2D eigenvalue weighted by atomic mass is 19.1. The number of carbonyl (C=O) groups is 2. The topological polar surface area (TPSA) is 67.8 Å². The Labute approximate surface area is 115 Å². The van der Waals surface area contributed by atoms with Crippen molar-refractivity contribution in [3.63, 3.8) is 0 Å². The van der Waals surface area contributed by atoms with E-state index in [4.69, 9.17) is 0 Å². The summed E-state index contributed by atoms with van der Waals surface area (Å²) >= 11 is 0. The highest BCUT2D eigenvalue weighted by Crippen LogP contribution is 2.20. The maximum atomic E-state index is 13.3. The van der Waals surface area contributed by atoms with E-state index in [0.717, 1.165) is 0 Å². The lowest BCUT2D eigenvalue weighted by Crippen LogP contribution is -2.20. The van der Waals surface area contributed by atoms with Crippen LogP contribution in [0, 0.1) is 18.7 Å². The Balaban J connectivity index is 1.92. The van der Waals surface area contributed by atoms with E-state index in [0.29, 0.717) is 23.4 Å². The van der Waals surface area contributed by atoms with Crippen molar-refractivity contribution < 1.29 is 18.8 Å². The summed E-state index contributed by atoms with van der Waals surface area (Å²) < 4.78 is 13.3.